The maximum Gasteiger partial charge on any atom is 0.355 e. The van der Waals surface area contributed by atoms with Gasteiger partial charge in [-0.25, -0.2) is 9.78 Å². The number of hydrogen-bond acceptors (Lipinski definition) is 5. The normalized spacial score (nSPS) is 11.6. The third-order valence-corrected chi connectivity index (χ3v) is 4.47. The number of carbonyl (C=O) groups excluding carboxylic acids is 2. The smallest absolute Gasteiger partial charge is 0.355 e. The van der Waals surface area contributed by atoms with Crippen molar-refractivity contribution >= 4 is 29.1 Å². The number of rotatable bonds is 9. The van der Waals surface area contributed by atoms with E-state index in [0.717, 1.165) is 12.0 Å². The summed E-state index contributed by atoms with van der Waals surface area (Å²) in [5.74, 6) is -1.62. The molecule has 1 unspecified atom stereocenters. The number of nitrogens with one attached hydrogen (secondary N) is 2. The number of carboxylic acids is 1. The summed E-state index contributed by atoms with van der Waals surface area (Å²) in [5, 5.41) is 16.3. The molecule has 0 aliphatic rings. The monoisotopic (exact) mass is 375 g/mol. The molecule has 1 atom stereocenters. The molecule has 7 nitrogen and oxygen atoms in total. The molecule has 0 fully saturated rings. The van der Waals surface area contributed by atoms with E-state index in [0.29, 0.717) is 11.4 Å². The van der Waals surface area contributed by atoms with Gasteiger partial charge in [-0.15, -0.1) is 11.3 Å². The van der Waals surface area contributed by atoms with E-state index in [1.54, 1.807) is 0 Å². The van der Waals surface area contributed by atoms with Gasteiger partial charge in [-0.3, -0.25) is 9.59 Å². The van der Waals surface area contributed by atoms with E-state index in [4.69, 9.17) is 5.11 Å². The van der Waals surface area contributed by atoms with E-state index >= 15 is 0 Å². The first-order valence-corrected chi connectivity index (χ1v) is 9.16. The minimum absolute atomic E-state index is 0.0412. The van der Waals surface area contributed by atoms with Crippen LogP contribution in [-0.2, 0) is 22.6 Å². The van der Waals surface area contributed by atoms with Crippen molar-refractivity contribution in [3.8, 4) is 0 Å². The van der Waals surface area contributed by atoms with E-state index in [1.165, 1.54) is 16.7 Å². The molecule has 0 aliphatic heterocycles. The van der Waals surface area contributed by atoms with Crippen LogP contribution >= 0.6 is 11.3 Å². The summed E-state index contributed by atoms with van der Waals surface area (Å²) in [5.41, 5.74) is 0.838. The van der Waals surface area contributed by atoms with Gasteiger partial charge in [-0.1, -0.05) is 43.7 Å². The molecule has 1 heterocycles. The van der Waals surface area contributed by atoms with E-state index in [-0.39, 0.29) is 30.5 Å². The summed E-state index contributed by atoms with van der Waals surface area (Å²) in [7, 11) is 0. The first-order chi connectivity index (χ1) is 12.5. The van der Waals surface area contributed by atoms with E-state index in [9.17, 15) is 14.4 Å². The third kappa shape index (κ3) is 5.96. The van der Waals surface area contributed by atoms with Crippen LogP contribution in [0.25, 0.3) is 0 Å². The van der Waals surface area contributed by atoms with Crippen molar-refractivity contribution in [3.63, 3.8) is 0 Å². The molecule has 8 heteroatoms. The van der Waals surface area contributed by atoms with Crippen LogP contribution in [0.15, 0.2) is 35.7 Å². The Balaban J connectivity index is 1.89. The van der Waals surface area contributed by atoms with Gasteiger partial charge in [0, 0.05) is 5.38 Å². The second kappa shape index (κ2) is 9.67. The lowest BCUT2D eigenvalue weighted by Gasteiger charge is -2.17. The van der Waals surface area contributed by atoms with Crippen LogP contribution in [0.2, 0.25) is 0 Å². The number of amides is 2. The number of carboxylic acid groups (broad SMARTS) is 1. The Labute approximate surface area is 155 Å². The summed E-state index contributed by atoms with van der Waals surface area (Å²) >= 11 is 1.17. The number of benzene rings is 1. The number of carbonyl (C=O) groups is 3. The van der Waals surface area contributed by atoms with Gasteiger partial charge < -0.3 is 15.7 Å². The van der Waals surface area contributed by atoms with Crippen molar-refractivity contribution in [2.75, 3.05) is 0 Å². The first kappa shape index (κ1) is 19.6. The van der Waals surface area contributed by atoms with Crippen molar-refractivity contribution in [1.29, 1.82) is 0 Å². The zero-order chi connectivity index (χ0) is 18.9. The third-order valence-electron chi connectivity index (χ3n) is 3.62. The largest absolute Gasteiger partial charge is 0.476 e. The van der Waals surface area contributed by atoms with Crippen LogP contribution in [0.3, 0.4) is 0 Å². The maximum atomic E-state index is 12.4. The minimum atomic E-state index is -1.10. The SMILES string of the molecule is CCCC(NC(=O)Cc1ccccc1)C(=O)NCc1nc(C(=O)O)cs1. The molecule has 0 radical (unpaired) electrons. The van der Waals surface area contributed by atoms with Gasteiger partial charge in [-0.2, -0.15) is 0 Å². The molecule has 2 rings (SSSR count). The zero-order valence-corrected chi connectivity index (χ0v) is 15.2. The zero-order valence-electron chi connectivity index (χ0n) is 14.4. The highest BCUT2D eigenvalue weighted by molar-refractivity contribution is 7.09. The van der Waals surface area contributed by atoms with Crippen molar-refractivity contribution < 1.29 is 19.5 Å². The average Bonchev–Trinajstić information content (AvgIpc) is 3.09. The maximum absolute atomic E-state index is 12.4. The lowest BCUT2D eigenvalue weighted by molar-refractivity contribution is -0.129. The Morgan fingerprint density at radius 3 is 2.58 bits per heavy atom. The average molecular weight is 375 g/mol. The highest BCUT2D eigenvalue weighted by Crippen LogP contribution is 2.10. The van der Waals surface area contributed by atoms with E-state index < -0.39 is 12.0 Å². The molecule has 1 aromatic heterocycles. The molecule has 2 amide bonds. The van der Waals surface area contributed by atoms with Gasteiger partial charge in [0.1, 0.15) is 11.0 Å². The summed E-state index contributed by atoms with van der Waals surface area (Å²) in [4.78, 5) is 39.3. The van der Waals surface area contributed by atoms with Crippen molar-refractivity contribution in [1.82, 2.24) is 15.6 Å². The van der Waals surface area contributed by atoms with Gasteiger partial charge in [0.25, 0.3) is 0 Å². The molecule has 0 saturated carbocycles. The molecule has 0 saturated heterocycles. The van der Waals surface area contributed by atoms with Crippen LogP contribution in [-0.4, -0.2) is 33.9 Å². The summed E-state index contributed by atoms with van der Waals surface area (Å²) < 4.78 is 0. The number of aromatic carboxylic acids is 1. The first-order valence-electron chi connectivity index (χ1n) is 8.28. The molecule has 1 aromatic carbocycles. The number of aromatic nitrogens is 1. The van der Waals surface area contributed by atoms with E-state index in [2.05, 4.69) is 15.6 Å². The fraction of sp³-hybridized carbons (Fsp3) is 0.333. The highest BCUT2D eigenvalue weighted by Gasteiger charge is 2.20. The second-order valence-electron chi connectivity index (χ2n) is 5.72. The Morgan fingerprint density at radius 2 is 1.96 bits per heavy atom. The van der Waals surface area contributed by atoms with Gasteiger partial charge in [0.15, 0.2) is 5.69 Å². The van der Waals surface area contributed by atoms with Gasteiger partial charge >= 0.3 is 5.97 Å². The van der Waals surface area contributed by atoms with Crippen LogP contribution in [0, 0.1) is 0 Å². The van der Waals surface area contributed by atoms with Crippen LogP contribution in [0.4, 0.5) is 0 Å². The lowest BCUT2D eigenvalue weighted by atomic mass is 10.1. The minimum Gasteiger partial charge on any atom is -0.476 e. The molecular weight excluding hydrogens is 354 g/mol. The molecule has 138 valence electrons. The topological polar surface area (TPSA) is 108 Å². The summed E-state index contributed by atoms with van der Waals surface area (Å²) in [6, 6.07) is 8.68. The molecular formula is C18H21N3O4S. The van der Waals surface area contributed by atoms with Crippen molar-refractivity contribution in [3.05, 3.63) is 52.0 Å². The molecule has 0 aliphatic carbocycles. The molecule has 3 N–H and O–H groups in total. The number of thiazole rings is 1. The predicted octanol–water partition coefficient (Wildman–Crippen LogP) is 1.99. The number of hydrogen-bond donors (Lipinski definition) is 3. The Bertz CT molecular complexity index is 761. The Kier molecular flexibility index (Phi) is 7.28. The van der Waals surface area contributed by atoms with Crippen LogP contribution in [0.1, 0.15) is 40.8 Å². The summed E-state index contributed by atoms with van der Waals surface area (Å²) in [6.45, 7) is 2.06. The highest BCUT2D eigenvalue weighted by atomic mass is 32.1. The van der Waals surface area contributed by atoms with Gasteiger partial charge in [0.2, 0.25) is 11.8 Å². The standard InChI is InChI=1S/C18H21N3O4S/c1-2-6-13(20-15(22)9-12-7-4-3-5-8-12)17(23)19-10-16-21-14(11-26-16)18(24)25/h3-5,7-8,11,13H,2,6,9-10H2,1H3,(H,19,23)(H,20,22)(H,24,25). The van der Waals surface area contributed by atoms with Gasteiger partial charge in [-0.05, 0) is 12.0 Å². The Morgan fingerprint density at radius 1 is 1.23 bits per heavy atom. The van der Waals surface area contributed by atoms with Crippen LogP contribution < -0.4 is 10.6 Å². The van der Waals surface area contributed by atoms with Crippen molar-refractivity contribution in [2.24, 2.45) is 0 Å². The fourth-order valence-corrected chi connectivity index (χ4v) is 3.07. The second-order valence-corrected chi connectivity index (χ2v) is 6.66. The fourth-order valence-electron chi connectivity index (χ4n) is 2.36. The van der Waals surface area contributed by atoms with Crippen molar-refractivity contribution in [2.45, 2.75) is 38.8 Å². The molecule has 0 bridgehead atoms. The number of nitrogens with zero attached hydrogens (tertiary/aromatic N) is 1. The summed E-state index contributed by atoms with van der Waals surface area (Å²) in [6.07, 6.45) is 1.47. The van der Waals surface area contributed by atoms with E-state index in [1.807, 2.05) is 37.3 Å². The molecule has 0 spiro atoms. The molecule has 2 aromatic rings. The molecule has 26 heavy (non-hydrogen) atoms. The van der Waals surface area contributed by atoms with Gasteiger partial charge in [0.05, 0.1) is 13.0 Å². The lowest BCUT2D eigenvalue weighted by Crippen LogP contribution is -2.46. The quantitative estimate of drug-likeness (QED) is 0.621. The van der Waals surface area contributed by atoms with Crippen LogP contribution in [0.5, 0.6) is 0 Å². The predicted molar refractivity (Wildman–Crippen MR) is 97.9 cm³/mol. The Hall–Kier alpha value is -2.74.